The SMILES string of the molecule is Cc1c(-c2ccc(C#N)c(Cl)c2)nn(Cc2ccc(C#C[C@H]3CC[C@H](CN4CCC5(CC4)CCN(c4ccc6c(c4)C(=O)N(C4CCC(=O)NC4=O)C6=O)CC5)CC3)cc2)c1C. The first-order valence-electron chi connectivity index (χ1n) is 22.1. The van der Waals surface area contributed by atoms with Crippen LogP contribution in [0.4, 0.5) is 5.69 Å². The smallest absolute Gasteiger partial charge is 0.262 e. The third-order valence-electron chi connectivity index (χ3n) is 14.5. The lowest BCUT2D eigenvalue weighted by Gasteiger charge is -2.48. The molecular weight excluding hydrogens is 798 g/mol. The van der Waals surface area contributed by atoms with Gasteiger partial charge in [-0.05, 0) is 150 Å². The highest BCUT2D eigenvalue weighted by Gasteiger charge is 2.45. The number of likely N-dealkylation sites (tertiary alicyclic amines) is 1. The molecule has 5 aliphatic rings. The fraction of sp³-hybridized carbons (Fsp3) is 0.440. The average Bonchev–Trinajstić information content (AvgIpc) is 3.70. The van der Waals surface area contributed by atoms with Crippen molar-refractivity contribution < 1.29 is 19.2 Å². The number of nitrogens with zero attached hydrogens (tertiary/aromatic N) is 6. The van der Waals surface area contributed by atoms with Gasteiger partial charge in [0.2, 0.25) is 11.8 Å². The summed E-state index contributed by atoms with van der Waals surface area (Å²) in [6, 6.07) is 20.6. The van der Waals surface area contributed by atoms with E-state index in [0.29, 0.717) is 39.6 Å². The van der Waals surface area contributed by atoms with Crippen molar-refractivity contribution >= 4 is 40.9 Å². The normalized spacial score (nSPS) is 22.6. The molecule has 318 valence electrons. The van der Waals surface area contributed by atoms with Crippen LogP contribution >= 0.6 is 11.6 Å². The van der Waals surface area contributed by atoms with Gasteiger partial charge in [-0.15, -0.1) is 0 Å². The molecule has 1 saturated carbocycles. The van der Waals surface area contributed by atoms with E-state index in [2.05, 4.69) is 71.1 Å². The summed E-state index contributed by atoms with van der Waals surface area (Å²) < 4.78 is 2.03. The van der Waals surface area contributed by atoms with Crippen molar-refractivity contribution in [2.24, 2.45) is 17.3 Å². The Kier molecular flexibility index (Phi) is 11.5. The van der Waals surface area contributed by atoms with E-state index in [1.54, 1.807) is 12.1 Å². The predicted octanol–water partition coefficient (Wildman–Crippen LogP) is 7.68. The lowest BCUT2D eigenvalue weighted by molar-refractivity contribution is -0.136. The molecule has 3 aromatic carbocycles. The Morgan fingerprint density at radius 1 is 0.839 bits per heavy atom. The number of nitrogens with one attached hydrogen (secondary N) is 1. The second-order valence-corrected chi connectivity index (χ2v) is 18.6. The first-order valence-corrected chi connectivity index (χ1v) is 22.5. The lowest BCUT2D eigenvalue weighted by Crippen LogP contribution is -2.54. The topological polar surface area (TPSA) is 132 Å². The van der Waals surface area contributed by atoms with Crippen LogP contribution in [0.1, 0.15) is 113 Å². The molecule has 4 amide bonds. The number of hydrogen-bond donors (Lipinski definition) is 1. The lowest BCUT2D eigenvalue weighted by atomic mass is 9.71. The summed E-state index contributed by atoms with van der Waals surface area (Å²) in [6.07, 6.45) is 9.70. The number of imide groups is 2. The van der Waals surface area contributed by atoms with Crippen LogP contribution in [-0.4, -0.2) is 82.0 Å². The zero-order valence-corrected chi connectivity index (χ0v) is 36.3. The summed E-state index contributed by atoms with van der Waals surface area (Å²) >= 11 is 6.32. The molecule has 62 heavy (non-hydrogen) atoms. The molecule has 3 saturated heterocycles. The minimum atomic E-state index is -0.954. The predicted molar refractivity (Wildman–Crippen MR) is 237 cm³/mol. The van der Waals surface area contributed by atoms with Crippen molar-refractivity contribution in [2.75, 3.05) is 37.6 Å². The van der Waals surface area contributed by atoms with Crippen molar-refractivity contribution in [2.45, 2.75) is 90.6 Å². The first-order chi connectivity index (χ1) is 30.0. The number of aromatic nitrogens is 2. The summed E-state index contributed by atoms with van der Waals surface area (Å²) in [5, 5.41) is 16.9. The number of amides is 4. The maximum absolute atomic E-state index is 13.4. The highest BCUT2D eigenvalue weighted by Crippen LogP contribution is 2.43. The minimum absolute atomic E-state index is 0.108. The van der Waals surface area contributed by atoms with Crippen LogP contribution < -0.4 is 10.2 Å². The third-order valence-corrected chi connectivity index (χ3v) is 14.8. The third kappa shape index (κ3) is 8.29. The van der Waals surface area contributed by atoms with Crippen LogP contribution in [0.3, 0.4) is 0 Å². The zero-order chi connectivity index (χ0) is 43.1. The van der Waals surface area contributed by atoms with E-state index in [4.69, 9.17) is 16.7 Å². The van der Waals surface area contributed by atoms with Crippen molar-refractivity contribution in [3.05, 3.63) is 105 Å². The van der Waals surface area contributed by atoms with Gasteiger partial charge in [0.05, 0.1) is 34.0 Å². The largest absolute Gasteiger partial charge is 0.371 e. The fourth-order valence-corrected chi connectivity index (χ4v) is 10.6. The highest BCUT2D eigenvalue weighted by atomic mass is 35.5. The van der Waals surface area contributed by atoms with Crippen molar-refractivity contribution in [3.8, 4) is 29.2 Å². The van der Waals surface area contributed by atoms with E-state index in [1.165, 1.54) is 32.2 Å². The monoisotopic (exact) mass is 849 g/mol. The standard InChI is InChI=1S/C50H52ClN7O4/c1-32-33(2)57(54-46(32)38-13-14-39(29-52)43(51)27-38)31-37-11-7-35(8-12-37)4-3-34-5-9-36(10-6-34)30-55-23-19-50(20-24-55)21-25-56(26-22-50)40-15-16-41-42(28-40)49(62)58(48(41)61)44-17-18-45(59)53-47(44)60/h7-8,11-16,27-28,34,36,44H,5-6,9-10,17-26,30-31H2,1-2H3,(H,53,59,60)/t34-,36-,44?. The molecule has 1 unspecified atom stereocenters. The van der Waals surface area contributed by atoms with Gasteiger partial charge in [-0.25, -0.2) is 0 Å². The van der Waals surface area contributed by atoms with E-state index < -0.39 is 23.8 Å². The number of carbonyl (C=O) groups excluding carboxylic acids is 4. The molecule has 1 aliphatic carbocycles. The van der Waals surface area contributed by atoms with Crippen molar-refractivity contribution in [1.29, 1.82) is 5.26 Å². The number of anilines is 1. The van der Waals surface area contributed by atoms with Gasteiger partial charge < -0.3 is 9.80 Å². The molecule has 1 spiro atoms. The van der Waals surface area contributed by atoms with Crippen molar-refractivity contribution in [3.63, 3.8) is 0 Å². The molecular formula is C50H52ClN7O4. The highest BCUT2D eigenvalue weighted by molar-refractivity contribution is 6.32. The second-order valence-electron chi connectivity index (χ2n) is 18.2. The van der Waals surface area contributed by atoms with Crippen LogP contribution in [0, 0.1) is 54.3 Å². The molecule has 9 rings (SSSR count). The summed E-state index contributed by atoms with van der Waals surface area (Å²) in [6.45, 7) is 10.1. The first kappa shape index (κ1) is 41.6. The van der Waals surface area contributed by atoms with Gasteiger partial charge in [-0.3, -0.25) is 34.1 Å². The second kappa shape index (κ2) is 17.2. The van der Waals surface area contributed by atoms with Gasteiger partial charge >= 0.3 is 0 Å². The summed E-state index contributed by atoms with van der Waals surface area (Å²) in [7, 11) is 0. The minimum Gasteiger partial charge on any atom is -0.371 e. The van der Waals surface area contributed by atoms with E-state index in [0.717, 1.165) is 102 Å². The quantitative estimate of drug-likeness (QED) is 0.148. The van der Waals surface area contributed by atoms with Crippen LogP contribution in [0.15, 0.2) is 60.7 Å². The van der Waals surface area contributed by atoms with E-state index in [-0.39, 0.29) is 18.7 Å². The Labute approximate surface area is 368 Å². The van der Waals surface area contributed by atoms with Crippen LogP contribution in [-0.2, 0) is 16.1 Å². The molecule has 5 heterocycles. The van der Waals surface area contributed by atoms with E-state index in [9.17, 15) is 24.4 Å². The number of halogens is 1. The van der Waals surface area contributed by atoms with Gasteiger partial charge in [0.25, 0.3) is 11.8 Å². The van der Waals surface area contributed by atoms with Crippen molar-refractivity contribution in [1.82, 2.24) is 24.9 Å². The Morgan fingerprint density at radius 2 is 1.55 bits per heavy atom. The summed E-state index contributed by atoms with van der Waals surface area (Å²) in [4.78, 5) is 56.8. The number of piperidine rings is 3. The van der Waals surface area contributed by atoms with E-state index >= 15 is 0 Å². The summed E-state index contributed by atoms with van der Waals surface area (Å²) in [5.41, 5.74) is 8.61. The van der Waals surface area contributed by atoms with Gasteiger partial charge in [-0.1, -0.05) is 41.6 Å². The maximum atomic E-state index is 13.4. The number of fused-ring (bicyclic) bond motifs is 1. The molecule has 1 aromatic heterocycles. The number of benzene rings is 3. The van der Waals surface area contributed by atoms with Gasteiger partial charge in [0.1, 0.15) is 12.1 Å². The maximum Gasteiger partial charge on any atom is 0.262 e. The molecule has 0 radical (unpaired) electrons. The Bertz CT molecular complexity index is 2540. The Balaban J connectivity index is 0.712. The Hall–Kier alpha value is -5.75. The number of hydrogen-bond acceptors (Lipinski definition) is 8. The summed E-state index contributed by atoms with van der Waals surface area (Å²) in [5.74, 6) is 6.35. The van der Waals surface area contributed by atoms with E-state index in [1.807, 2.05) is 28.9 Å². The molecule has 12 heteroatoms. The van der Waals surface area contributed by atoms with Crippen LogP contribution in [0.5, 0.6) is 0 Å². The van der Waals surface area contributed by atoms with Gasteiger partial charge in [-0.2, -0.15) is 10.4 Å². The molecule has 4 fully saturated rings. The Morgan fingerprint density at radius 3 is 2.24 bits per heavy atom. The number of nitriles is 1. The molecule has 4 aliphatic heterocycles. The molecule has 1 atom stereocenters. The van der Waals surface area contributed by atoms with Gasteiger partial charge in [0.15, 0.2) is 0 Å². The molecule has 0 bridgehead atoms. The average molecular weight is 850 g/mol. The number of rotatable bonds is 7. The fourth-order valence-electron chi connectivity index (χ4n) is 10.3. The van der Waals surface area contributed by atoms with Gasteiger partial charge in [0, 0.05) is 54.5 Å². The number of carbonyl (C=O) groups is 4. The molecule has 4 aromatic rings. The zero-order valence-electron chi connectivity index (χ0n) is 35.5. The van der Waals surface area contributed by atoms with Crippen LogP contribution in [0.2, 0.25) is 5.02 Å². The molecule has 1 N–H and O–H groups in total. The van der Waals surface area contributed by atoms with Crippen LogP contribution in [0.25, 0.3) is 11.3 Å². The molecule has 11 nitrogen and oxygen atoms in total.